The Morgan fingerprint density at radius 3 is 1.88 bits per heavy atom. The molecule has 0 unspecified atom stereocenters. The Balaban J connectivity index is 1.59. The van der Waals surface area contributed by atoms with Gasteiger partial charge in [0, 0.05) is 6.61 Å². The maximum Gasteiger partial charge on any atom is 0.0575 e. The molecule has 0 heterocycles. The van der Waals surface area contributed by atoms with Crippen LogP contribution in [0.15, 0.2) is 24.3 Å². The van der Waals surface area contributed by atoms with Crippen LogP contribution < -0.4 is 0 Å². The number of ether oxygens (including phenoxy) is 1. The van der Waals surface area contributed by atoms with Crippen molar-refractivity contribution in [2.45, 2.75) is 97.0 Å². The molecular weight excluding hydrogens is 316 g/mol. The first-order valence-corrected chi connectivity index (χ1v) is 11.3. The summed E-state index contributed by atoms with van der Waals surface area (Å²) in [6.07, 6.45) is 25.2. The maximum absolute atomic E-state index is 5.86. The first-order valence-electron chi connectivity index (χ1n) is 11.3. The largest absolute Gasteiger partial charge is 0.378 e. The number of unbranched alkanes of at least 4 members (excludes halogenated alkanes) is 1. The molecule has 0 saturated heterocycles. The Morgan fingerprint density at radius 1 is 0.769 bits per heavy atom. The van der Waals surface area contributed by atoms with Gasteiger partial charge in [0.2, 0.25) is 0 Å². The number of rotatable bonds is 8. The zero-order valence-corrected chi connectivity index (χ0v) is 17.2. The molecule has 0 amide bonds. The van der Waals surface area contributed by atoms with Crippen molar-refractivity contribution in [3.63, 3.8) is 0 Å². The highest BCUT2D eigenvalue weighted by Gasteiger charge is 2.19. The van der Waals surface area contributed by atoms with E-state index in [0.29, 0.717) is 12.0 Å². The van der Waals surface area contributed by atoms with Crippen molar-refractivity contribution >= 4 is 0 Å². The number of hydrogen-bond donors (Lipinski definition) is 0. The lowest BCUT2D eigenvalue weighted by molar-refractivity contribution is 0.0227. The van der Waals surface area contributed by atoms with Crippen LogP contribution in [0.1, 0.15) is 90.9 Å². The quantitative estimate of drug-likeness (QED) is 0.422. The van der Waals surface area contributed by atoms with E-state index in [0.717, 1.165) is 24.9 Å². The molecular formula is C25H40O. The molecule has 2 aliphatic rings. The Morgan fingerprint density at radius 2 is 1.35 bits per heavy atom. The fraction of sp³-hybridized carbons (Fsp3) is 0.760. The second-order valence-electron chi connectivity index (χ2n) is 8.34. The van der Waals surface area contributed by atoms with Gasteiger partial charge < -0.3 is 4.74 Å². The van der Waals surface area contributed by atoms with Gasteiger partial charge in [0.05, 0.1) is 6.10 Å². The minimum absolute atomic E-state index is 0.505. The van der Waals surface area contributed by atoms with Crippen LogP contribution in [0.5, 0.6) is 0 Å². The van der Waals surface area contributed by atoms with Crippen LogP contribution in [0.3, 0.4) is 0 Å². The van der Waals surface area contributed by atoms with Crippen LogP contribution in [-0.4, -0.2) is 12.7 Å². The molecule has 0 aromatic heterocycles. The molecule has 2 aliphatic carbocycles. The summed E-state index contributed by atoms with van der Waals surface area (Å²) in [6.45, 7) is 5.40. The van der Waals surface area contributed by atoms with Crippen LogP contribution in [-0.2, 0) is 4.74 Å². The molecule has 0 aromatic rings. The molecule has 0 spiro atoms. The summed E-state index contributed by atoms with van der Waals surface area (Å²) < 4.78 is 5.86. The van der Waals surface area contributed by atoms with Crippen LogP contribution in [0.2, 0.25) is 0 Å². The van der Waals surface area contributed by atoms with Gasteiger partial charge in [0.1, 0.15) is 0 Å². The smallest absolute Gasteiger partial charge is 0.0575 e. The third-order valence-electron chi connectivity index (χ3n) is 6.12. The first-order chi connectivity index (χ1) is 12.8. The molecule has 1 heteroatoms. The fourth-order valence-corrected chi connectivity index (χ4v) is 4.36. The molecule has 0 atom stereocenters. The Kier molecular flexibility index (Phi) is 10.8. The lowest BCUT2D eigenvalue weighted by Gasteiger charge is -2.26. The van der Waals surface area contributed by atoms with E-state index in [1.807, 2.05) is 0 Å². The normalized spacial score (nSPS) is 29.8. The summed E-state index contributed by atoms with van der Waals surface area (Å²) in [5.74, 6) is 8.88. The lowest BCUT2D eigenvalue weighted by atomic mass is 9.80. The molecule has 0 radical (unpaired) electrons. The van der Waals surface area contributed by atoms with Crippen LogP contribution in [0.25, 0.3) is 0 Å². The van der Waals surface area contributed by atoms with Crippen molar-refractivity contribution in [3.05, 3.63) is 24.3 Å². The zero-order chi connectivity index (χ0) is 18.5. The van der Waals surface area contributed by atoms with Crippen LogP contribution in [0, 0.1) is 29.6 Å². The van der Waals surface area contributed by atoms with Gasteiger partial charge in [-0.2, -0.15) is 0 Å². The summed E-state index contributed by atoms with van der Waals surface area (Å²) >= 11 is 0. The Bertz CT molecular complexity index is 420. The topological polar surface area (TPSA) is 9.23 Å². The number of hydrogen-bond acceptors (Lipinski definition) is 1. The van der Waals surface area contributed by atoms with Gasteiger partial charge >= 0.3 is 0 Å². The summed E-state index contributed by atoms with van der Waals surface area (Å²) in [6, 6.07) is 0. The maximum atomic E-state index is 5.86. The van der Waals surface area contributed by atoms with Gasteiger partial charge in [-0.05, 0) is 87.7 Å². The van der Waals surface area contributed by atoms with E-state index >= 15 is 0 Å². The van der Waals surface area contributed by atoms with Crippen molar-refractivity contribution in [2.75, 3.05) is 6.61 Å². The van der Waals surface area contributed by atoms with E-state index in [4.69, 9.17) is 4.74 Å². The minimum atomic E-state index is 0.505. The van der Waals surface area contributed by atoms with E-state index in [-0.39, 0.29) is 0 Å². The third-order valence-corrected chi connectivity index (χ3v) is 6.12. The molecule has 26 heavy (non-hydrogen) atoms. The second kappa shape index (κ2) is 13.2. The standard InChI is InChI=1S/C25H40O/c1-3-5-10-22-13-15-23(16-14-22)11-8-6-7-9-12-24-17-19-25(20-18-24)26-21-4-2/h8-9,11-12,22-25H,3-5,10,13-21H2,1-2H3/t22-,23-,24-,25-. The molecule has 2 fully saturated rings. The fourth-order valence-electron chi connectivity index (χ4n) is 4.36. The SMILES string of the molecule is CCCC[C@H]1CC[C@H](C=CC#CC=C[C@H]2CC[C@H](OCCC)CC2)CC1. The summed E-state index contributed by atoms with van der Waals surface area (Å²) in [5.41, 5.74) is 0. The van der Waals surface area contributed by atoms with Crippen molar-refractivity contribution < 1.29 is 4.74 Å². The molecule has 0 aliphatic heterocycles. The summed E-state index contributed by atoms with van der Waals surface area (Å²) in [7, 11) is 0. The van der Waals surface area contributed by atoms with Crippen LogP contribution in [0.4, 0.5) is 0 Å². The third kappa shape index (κ3) is 8.59. The van der Waals surface area contributed by atoms with Gasteiger partial charge in [0.15, 0.2) is 0 Å². The predicted molar refractivity (Wildman–Crippen MR) is 113 cm³/mol. The van der Waals surface area contributed by atoms with Gasteiger partial charge in [-0.3, -0.25) is 0 Å². The molecule has 0 aromatic carbocycles. The van der Waals surface area contributed by atoms with Gasteiger partial charge in [-0.15, -0.1) is 0 Å². The molecule has 2 rings (SSSR count). The summed E-state index contributed by atoms with van der Waals surface area (Å²) in [4.78, 5) is 0. The molecule has 1 nitrogen and oxygen atoms in total. The van der Waals surface area contributed by atoms with E-state index < -0.39 is 0 Å². The average Bonchev–Trinajstić information content (AvgIpc) is 2.69. The van der Waals surface area contributed by atoms with Gasteiger partial charge in [-0.1, -0.05) is 57.1 Å². The van der Waals surface area contributed by atoms with Crippen molar-refractivity contribution in [3.8, 4) is 11.8 Å². The summed E-state index contributed by atoms with van der Waals surface area (Å²) in [5, 5.41) is 0. The van der Waals surface area contributed by atoms with Crippen LogP contribution >= 0.6 is 0 Å². The predicted octanol–water partition coefficient (Wildman–Crippen LogP) is 7.08. The van der Waals surface area contributed by atoms with Crippen molar-refractivity contribution in [1.82, 2.24) is 0 Å². The average molecular weight is 357 g/mol. The van der Waals surface area contributed by atoms with E-state index in [1.54, 1.807) is 0 Å². The van der Waals surface area contributed by atoms with E-state index in [2.05, 4.69) is 50.0 Å². The van der Waals surface area contributed by atoms with Crippen molar-refractivity contribution in [1.29, 1.82) is 0 Å². The van der Waals surface area contributed by atoms with Crippen molar-refractivity contribution in [2.24, 2.45) is 17.8 Å². The molecule has 2 saturated carbocycles. The second-order valence-corrected chi connectivity index (χ2v) is 8.34. The first kappa shape index (κ1) is 21.3. The molecule has 0 N–H and O–H groups in total. The monoisotopic (exact) mass is 356 g/mol. The Hall–Kier alpha value is -1.00. The van der Waals surface area contributed by atoms with Gasteiger partial charge in [-0.25, -0.2) is 0 Å². The van der Waals surface area contributed by atoms with Gasteiger partial charge in [0.25, 0.3) is 0 Å². The molecule has 0 bridgehead atoms. The minimum Gasteiger partial charge on any atom is -0.378 e. The molecule has 146 valence electrons. The lowest BCUT2D eigenvalue weighted by Crippen LogP contribution is -2.21. The number of allylic oxidation sites excluding steroid dienone is 4. The Labute approximate surface area is 162 Å². The zero-order valence-electron chi connectivity index (χ0n) is 17.2. The highest BCUT2D eigenvalue weighted by Crippen LogP contribution is 2.32. The van der Waals surface area contributed by atoms with E-state index in [1.165, 1.54) is 70.6 Å². The highest BCUT2D eigenvalue weighted by molar-refractivity contribution is 5.24. The van der Waals surface area contributed by atoms with E-state index in [9.17, 15) is 0 Å². The highest BCUT2D eigenvalue weighted by atomic mass is 16.5.